The second-order valence-corrected chi connectivity index (χ2v) is 7.33. The third-order valence-corrected chi connectivity index (χ3v) is 5.34. The zero-order valence-corrected chi connectivity index (χ0v) is 16.2. The molecule has 0 bridgehead atoms. The van der Waals surface area contributed by atoms with Crippen LogP contribution in [0, 0.1) is 12.8 Å². The fraction of sp³-hybridized carbons (Fsp3) is 0.450. The third-order valence-electron chi connectivity index (χ3n) is 5.34. The van der Waals surface area contributed by atoms with E-state index >= 15 is 0 Å². The van der Waals surface area contributed by atoms with Crippen LogP contribution in [0.15, 0.2) is 41.4 Å². The topological polar surface area (TPSA) is 89.9 Å². The van der Waals surface area contributed by atoms with Gasteiger partial charge in [0, 0.05) is 50.3 Å². The number of nitrogens with zero attached hydrogens (tertiary/aromatic N) is 6. The van der Waals surface area contributed by atoms with Gasteiger partial charge in [0.05, 0.1) is 11.5 Å². The zero-order valence-electron chi connectivity index (χ0n) is 16.2. The van der Waals surface area contributed by atoms with Gasteiger partial charge in [-0.15, -0.1) is 0 Å². The highest BCUT2D eigenvalue weighted by molar-refractivity contribution is 5.78. The third kappa shape index (κ3) is 3.81. The van der Waals surface area contributed by atoms with Crippen LogP contribution in [-0.2, 0) is 11.3 Å². The Morgan fingerprint density at radius 1 is 1.32 bits per heavy atom. The molecule has 0 saturated carbocycles. The van der Waals surface area contributed by atoms with Gasteiger partial charge >= 0.3 is 0 Å². The van der Waals surface area contributed by atoms with Crippen molar-refractivity contribution in [1.82, 2.24) is 29.6 Å². The largest absolute Gasteiger partial charge is 0.342 e. The Balaban J connectivity index is 1.34. The first kappa shape index (κ1) is 18.3. The number of rotatable bonds is 5. The smallest absolute Gasteiger partial charge is 0.259 e. The van der Waals surface area contributed by atoms with Gasteiger partial charge in [0.2, 0.25) is 5.91 Å². The van der Waals surface area contributed by atoms with Gasteiger partial charge in [0.15, 0.2) is 5.82 Å². The van der Waals surface area contributed by atoms with Crippen LogP contribution in [0.3, 0.4) is 0 Å². The van der Waals surface area contributed by atoms with Gasteiger partial charge in [-0.2, -0.15) is 4.98 Å². The minimum absolute atomic E-state index is 0.0770. The standard InChI is InChI=1S/C20H24N6O2/c1-14(13-26-11-8-22-15(26)2)20(27)25-9-5-16(6-10-25)18-23-19(28-24-18)17-4-3-7-21-12-17/h3-4,7-8,11-12,14,16H,5-6,9-10,13H2,1-2H3. The maximum absolute atomic E-state index is 12.8. The number of imidazole rings is 1. The molecular weight excluding hydrogens is 356 g/mol. The Morgan fingerprint density at radius 2 is 2.14 bits per heavy atom. The monoisotopic (exact) mass is 380 g/mol. The lowest BCUT2D eigenvalue weighted by molar-refractivity contribution is -0.136. The molecule has 1 unspecified atom stereocenters. The molecule has 8 nitrogen and oxygen atoms in total. The van der Waals surface area contributed by atoms with Crippen molar-refractivity contribution in [3.05, 3.63) is 48.6 Å². The maximum Gasteiger partial charge on any atom is 0.259 e. The molecule has 1 amide bonds. The molecular formula is C20H24N6O2. The van der Waals surface area contributed by atoms with Crippen molar-refractivity contribution in [3.63, 3.8) is 0 Å². The first-order chi connectivity index (χ1) is 13.6. The lowest BCUT2D eigenvalue weighted by Gasteiger charge is -2.32. The molecule has 0 aromatic carbocycles. The molecule has 3 aromatic rings. The number of aromatic nitrogens is 5. The Labute approximate surface area is 163 Å². The quantitative estimate of drug-likeness (QED) is 0.676. The second kappa shape index (κ2) is 7.92. The highest BCUT2D eigenvalue weighted by Crippen LogP contribution is 2.28. The van der Waals surface area contributed by atoms with Crippen LogP contribution in [0.4, 0.5) is 0 Å². The summed E-state index contributed by atoms with van der Waals surface area (Å²) in [5.41, 5.74) is 0.817. The number of hydrogen-bond acceptors (Lipinski definition) is 6. The lowest BCUT2D eigenvalue weighted by atomic mass is 9.95. The summed E-state index contributed by atoms with van der Waals surface area (Å²) in [5.74, 6) is 2.46. The fourth-order valence-corrected chi connectivity index (χ4v) is 3.65. The molecule has 0 radical (unpaired) electrons. The van der Waals surface area contributed by atoms with Crippen LogP contribution in [0.25, 0.3) is 11.5 Å². The molecule has 0 N–H and O–H groups in total. The van der Waals surface area contributed by atoms with Gasteiger partial charge in [-0.05, 0) is 31.9 Å². The molecule has 1 saturated heterocycles. The van der Waals surface area contributed by atoms with Crippen LogP contribution < -0.4 is 0 Å². The Morgan fingerprint density at radius 3 is 2.82 bits per heavy atom. The molecule has 1 aliphatic rings. The molecule has 3 aromatic heterocycles. The van der Waals surface area contributed by atoms with E-state index in [1.165, 1.54) is 0 Å². The molecule has 146 valence electrons. The van der Waals surface area contributed by atoms with Crippen molar-refractivity contribution in [3.8, 4) is 11.5 Å². The number of aryl methyl sites for hydroxylation is 1. The highest BCUT2D eigenvalue weighted by atomic mass is 16.5. The molecule has 4 heterocycles. The molecule has 8 heteroatoms. The van der Waals surface area contributed by atoms with Crippen molar-refractivity contribution in [2.24, 2.45) is 5.92 Å². The van der Waals surface area contributed by atoms with Gasteiger partial charge in [0.1, 0.15) is 5.82 Å². The minimum atomic E-state index is -0.0770. The van der Waals surface area contributed by atoms with Crippen molar-refractivity contribution in [1.29, 1.82) is 0 Å². The first-order valence-electron chi connectivity index (χ1n) is 9.62. The van der Waals surface area contributed by atoms with Gasteiger partial charge in [-0.1, -0.05) is 12.1 Å². The van der Waals surface area contributed by atoms with E-state index in [1.54, 1.807) is 18.6 Å². The molecule has 4 rings (SSSR count). The fourth-order valence-electron chi connectivity index (χ4n) is 3.65. The predicted molar refractivity (Wildman–Crippen MR) is 102 cm³/mol. The number of pyridine rings is 1. The Bertz CT molecular complexity index is 927. The van der Waals surface area contributed by atoms with Gasteiger partial charge in [-0.25, -0.2) is 4.98 Å². The van der Waals surface area contributed by atoms with Crippen molar-refractivity contribution < 1.29 is 9.32 Å². The van der Waals surface area contributed by atoms with E-state index in [2.05, 4.69) is 20.1 Å². The van der Waals surface area contributed by atoms with Crippen molar-refractivity contribution >= 4 is 5.91 Å². The number of piperidine rings is 1. The molecule has 1 atom stereocenters. The van der Waals surface area contributed by atoms with E-state index in [0.717, 1.165) is 24.2 Å². The van der Waals surface area contributed by atoms with E-state index in [-0.39, 0.29) is 17.7 Å². The van der Waals surface area contributed by atoms with E-state index < -0.39 is 0 Å². The molecule has 28 heavy (non-hydrogen) atoms. The van der Waals surface area contributed by atoms with Crippen LogP contribution in [0.5, 0.6) is 0 Å². The van der Waals surface area contributed by atoms with Gasteiger partial charge < -0.3 is 14.0 Å². The molecule has 0 spiro atoms. The first-order valence-corrected chi connectivity index (χ1v) is 9.62. The minimum Gasteiger partial charge on any atom is -0.342 e. The number of carbonyl (C=O) groups is 1. The second-order valence-electron chi connectivity index (χ2n) is 7.33. The maximum atomic E-state index is 12.8. The van der Waals surface area contributed by atoms with Crippen LogP contribution >= 0.6 is 0 Å². The van der Waals surface area contributed by atoms with Gasteiger partial charge in [-0.3, -0.25) is 9.78 Å². The summed E-state index contributed by atoms with van der Waals surface area (Å²) < 4.78 is 7.42. The zero-order chi connectivity index (χ0) is 19.5. The number of hydrogen-bond donors (Lipinski definition) is 0. The average Bonchev–Trinajstić information content (AvgIpc) is 3.38. The van der Waals surface area contributed by atoms with Crippen molar-refractivity contribution in [2.45, 2.75) is 39.2 Å². The van der Waals surface area contributed by atoms with Crippen molar-refractivity contribution in [2.75, 3.05) is 13.1 Å². The predicted octanol–water partition coefficient (Wildman–Crippen LogP) is 2.68. The molecule has 0 aliphatic carbocycles. The number of likely N-dealkylation sites (tertiary alicyclic amines) is 1. The van der Waals surface area contributed by atoms with Gasteiger partial charge in [0.25, 0.3) is 5.89 Å². The summed E-state index contributed by atoms with van der Waals surface area (Å²) in [6.07, 6.45) is 8.79. The highest BCUT2D eigenvalue weighted by Gasteiger charge is 2.29. The molecule has 1 aliphatic heterocycles. The van der Waals surface area contributed by atoms with E-state index in [1.807, 2.05) is 41.6 Å². The summed E-state index contributed by atoms with van der Waals surface area (Å²) in [6, 6.07) is 3.74. The summed E-state index contributed by atoms with van der Waals surface area (Å²) in [7, 11) is 0. The number of amides is 1. The van der Waals surface area contributed by atoms with Crippen LogP contribution in [-0.4, -0.2) is 48.6 Å². The lowest BCUT2D eigenvalue weighted by Crippen LogP contribution is -2.41. The SMILES string of the molecule is Cc1nccn1CC(C)C(=O)N1CCC(c2noc(-c3cccnc3)n2)CC1. The molecule has 1 fully saturated rings. The summed E-state index contributed by atoms with van der Waals surface area (Å²) in [4.78, 5) is 27.6. The van der Waals surface area contributed by atoms with E-state index in [4.69, 9.17) is 4.52 Å². The average molecular weight is 380 g/mol. The Hall–Kier alpha value is -3.03. The van der Waals surface area contributed by atoms with E-state index in [0.29, 0.717) is 31.3 Å². The summed E-state index contributed by atoms with van der Waals surface area (Å²) in [5, 5.41) is 4.15. The summed E-state index contributed by atoms with van der Waals surface area (Å²) in [6.45, 7) is 6.02. The van der Waals surface area contributed by atoms with Crippen LogP contribution in [0.2, 0.25) is 0 Å². The normalized spacial score (nSPS) is 16.3. The Kier molecular flexibility index (Phi) is 5.18. The van der Waals surface area contributed by atoms with E-state index in [9.17, 15) is 4.79 Å². The van der Waals surface area contributed by atoms with Crippen LogP contribution in [0.1, 0.15) is 37.3 Å². The summed E-state index contributed by atoms with van der Waals surface area (Å²) >= 11 is 0. The number of carbonyl (C=O) groups excluding carboxylic acids is 1.